The molecule has 2 heterocycles. The number of unbranched alkanes of at least 4 members (excludes halogenated alkanes) is 5. The Morgan fingerprint density at radius 1 is 0.783 bits per heavy atom. The standard InChI is InChI=1S/C42H54O4/c1-7-8-11-14-29-23-36(44)40-32-22-28(3)17-19-34(32)42(6,46-38(40)26-29)20-13-10-9-12-15-30-24-35(43)39-31-21-27(2)16-18-33(31)41(4,5)45-37(39)25-30/h16-17,19,22-26,31,33,43-44H,7-15,18,20-21H2,1-6H3/t31?,33-,42?/m1/s1. The van der Waals surface area contributed by atoms with Crippen molar-refractivity contribution in [2.24, 2.45) is 5.92 Å². The quantitative estimate of drug-likeness (QED) is 0.165. The van der Waals surface area contributed by atoms with Crippen molar-refractivity contribution in [3.63, 3.8) is 0 Å². The molecule has 0 aromatic heterocycles. The Morgan fingerprint density at radius 2 is 1.48 bits per heavy atom. The number of fused-ring (bicyclic) bond motifs is 6. The molecule has 0 fully saturated rings. The monoisotopic (exact) mass is 622 g/mol. The van der Waals surface area contributed by atoms with E-state index < -0.39 is 5.60 Å². The predicted octanol–water partition coefficient (Wildman–Crippen LogP) is 11.2. The summed E-state index contributed by atoms with van der Waals surface area (Å²) in [6.07, 6.45) is 15.0. The number of phenols is 2. The summed E-state index contributed by atoms with van der Waals surface area (Å²) in [5.74, 6) is 3.13. The van der Waals surface area contributed by atoms with Gasteiger partial charge in [-0.3, -0.25) is 0 Å². The largest absolute Gasteiger partial charge is 0.508 e. The molecule has 3 aromatic carbocycles. The molecular formula is C42H54O4. The molecular weight excluding hydrogens is 568 g/mol. The van der Waals surface area contributed by atoms with Gasteiger partial charge in [-0.2, -0.15) is 0 Å². The molecule has 0 radical (unpaired) electrons. The average Bonchev–Trinajstić information content (AvgIpc) is 2.98. The Bertz CT molecular complexity index is 1610. The van der Waals surface area contributed by atoms with E-state index in [-0.39, 0.29) is 5.60 Å². The summed E-state index contributed by atoms with van der Waals surface area (Å²) in [6, 6.07) is 14.8. The summed E-state index contributed by atoms with van der Waals surface area (Å²) in [5.41, 5.74) is 8.34. The molecule has 1 aliphatic carbocycles. The van der Waals surface area contributed by atoms with Crippen molar-refractivity contribution in [2.75, 3.05) is 0 Å². The number of benzene rings is 3. The highest BCUT2D eigenvalue weighted by molar-refractivity contribution is 5.82. The molecule has 0 spiro atoms. The van der Waals surface area contributed by atoms with Crippen LogP contribution in [-0.4, -0.2) is 15.8 Å². The Kier molecular flexibility index (Phi) is 9.20. The van der Waals surface area contributed by atoms with Crippen LogP contribution in [0.25, 0.3) is 11.1 Å². The molecule has 46 heavy (non-hydrogen) atoms. The van der Waals surface area contributed by atoms with Crippen LogP contribution in [0, 0.1) is 12.8 Å². The molecule has 4 heteroatoms. The maximum absolute atomic E-state index is 11.2. The maximum atomic E-state index is 11.2. The zero-order valence-corrected chi connectivity index (χ0v) is 29.0. The van der Waals surface area contributed by atoms with Crippen LogP contribution < -0.4 is 9.47 Å². The topological polar surface area (TPSA) is 58.9 Å². The second-order valence-electron chi connectivity index (χ2n) is 15.2. The zero-order chi connectivity index (χ0) is 32.6. The van der Waals surface area contributed by atoms with E-state index in [4.69, 9.17) is 9.47 Å². The molecule has 6 rings (SSSR count). The first-order valence-corrected chi connectivity index (χ1v) is 17.9. The molecule has 246 valence electrons. The number of hydrogen-bond donors (Lipinski definition) is 2. The fourth-order valence-electron chi connectivity index (χ4n) is 8.45. The number of aryl methyl sites for hydroxylation is 3. The Morgan fingerprint density at radius 3 is 2.24 bits per heavy atom. The van der Waals surface area contributed by atoms with Crippen LogP contribution in [0.15, 0.2) is 54.1 Å². The van der Waals surface area contributed by atoms with Gasteiger partial charge in [0.25, 0.3) is 0 Å². The summed E-state index contributed by atoms with van der Waals surface area (Å²) in [5, 5.41) is 22.3. The van der Waals surface area contributed by atoms with Gasteiger partial charge in [-0.1, -0.05) is 68.0 Å². The number of rotatable bonds is 11. The van der Waals surface area contributed by atoms with Crippen molar-refractivity contribution in [1.82, 2.24) is 0 Å². The molecule has 2 N–H and O–H groups in total. The number of phenolic OH excluding ortho intramolecular Hbond substituents is 2. The van der Waals surface area contributed by atoms with Crippen LogP contribution in [0.4, 0.5) is 0 Å². The molecule has 4 nitrogen and oxygen atoms in total. The van der Waals surface area contributed by atoms with Crippen LogP contribution >= 0.6 is 0 Å². The normalized spacial score (nSPS) is 22.4. The second-order valence-corrected chi connectivity index (χ2v) is 15.2. The fourth-order valence-corrected chi connectivity index (χ4v) is 8.45. The first kappa shape index (κ1) is 32.5. The van der Waals surface area contributed by atoms with E-state index in [1.807, 2.05) is 12.1 Å². The predicted molar refractivity (Wildman–Crippen MR) is 188 cm³/mol. The molecule has 0 saturated heterocycles. The highest BCUT2D eigenvalue weighted by Crippen LogP contribution is 2.55. The van der Waals surface area contributed by atoms with Gasteiger partial charge in [0.1, 0.15) is 34.2 Å². The second kappa shape index (κ2) is 13.0. The van der Waals surface area contributed by atoms with Crippen molar-refractivity contribution in [2.45, 2.75) is 136 Å². The van der Waals surface area contributed by atoms with E-state index in [1.54, 1.807) is 0 Å². The van der Waals surface area contributed by atoms with Crippen molar-refractivity contribution in [3.05, 3.63) is 81.9 Å². The molecule has 3 aromatic rings. The van der Waals surface area contributed by atoms with E-state index >= 15 is 0 Å². The van der Waals surface area contributed by atoms with Crippen molar-refractivity contribution < 1.29 is 19.7 Å². The number of ether oxygens (including phenoxy) is 2. The zero-order valence-electron chi connectivity index (χ0n) is 29.0. The first-order valence-electron chi connectivity index (χ1n) is 17.9. The average molecular weight is 623 g/mol. The minimum absolute atomic E-state index is 0.246. The fraction of sp³-hybridized carbons (Fsp3) is 0.524. The summed E-state index contributed by atoms with van der Waals surface area (Å²) in [6.45, 7) is 13.2. The maximum Gasteiger partial charge on any atom is 0.132 e. The van der Waals surface area contributed by atoms with Crippen LogP contribution in [-0.2, 0) is 18.4 Å². The van der Waals surface area contributed by atoms with Gasteiger partial charge in [-0.05, 0) is 127 Å². The molecule has 2 unspecified atom stereocenters. The third-order valence-corrected chi connectivity index (χ3v) is 11.0. The minimum Gasteiger partial charge on any atom is -0.508 e. The Hall–Kier alpha value is -3.40. The lowest BCUT2D eigenvalue weighted by Gasteiger charge is -2.47. The summed E-state index contributed by atoms with van der Waals surface area (Å²) >= 11 is 0. The van der Waals surface area contributed by atoms with E-state index in [0.717, 1.165) is 109 Å². The molecule has 0 bridgehead atoms. The third-order valence-electron chi connectivity index (χ3n) is 11.0. The molecule has 3 atom stereocenters. The highest BCUT2D eigenvalue weighted by Gasteiger charge is 2.45. The van der Waals surface area contributed by atoms with E-state index in [2.05, 4.69) is 78.0 Å². The van der Waals surface area contributed by atoms with Crippen LogP contribution in [0.3, 0.4) is 0 Å². The van der Waals surface area contributed by atoms with Gasteiger partial charge in [0, 0.05) is 23.0 Å². The van der Waals surface area contributed by atoms with Gasteiger partial charge in [-0.25, -0.2) is 0 Å². The lowest BCUT2D eigenvalue weighted by Crippen LogP contribution is -2.45. The van der Waals surface area contributed by atoms with Gasteiger partial charge in [0.05, 0.1) is 5.56 Å². The van der Waals surface area contributed by atoms with Crippen LogP contribution in [0.2, 0.25) is 0 Å². The smallest absolute Gasteiger partial charge is 0.132 e. The van der Waals surface area contributed by atoms with Gasteiger partial charge in [0.2, 0.25) is 0 Å². The number of aromatic hydroxyl groups is 2. The first-order chi connectivity index (χ1) is 22.0. The highest BCUT2D eigenvalue weighted by atomic mass is 16.5. The molecule has 3 aliphatic rings. The number of hydrogen-bond acceptors (Lipinski definition) is 4. The third kappa shape index (κ3) is 6.42. The van der Waals surface area contributed by atoms with Crippen molar-refractivity contribution in [1.29, 1.82) is 0 Å². The van der Waals surface area contributed by atoms with Gasteiger partial charge in [-0.15, -0.1) is 0 Å². The van der Waals surface area contributed by atoms with Crippen LogP contribution in [0.5, 0.6) is 23.0 Å². The molecule has 2 aliphatic heterocycles. The van der Waals surface area contributed by atoms with Crippen LogP contribution in [0.1, 0.15) is 133 Å². The van der Waals surface area contributed by atoms with Crippen molar-refractivity contribution in [3.8, 4) is 34.1 Å². The minimum atomic E-state index is -0.441. The van der Waals surface area contributed by atoms with E-state index in [0.29, 0.717) is 23.3 Å². The summed E-state index contributed by atoms with van der Waals surface area (Å²) in [7, 11) is 0. The lowest BCUT2D eigenvalue weighted by molar-refractivity contribution is 0.00752. The SMILES string of the molecule is CCCCCc1cc(O)c2c(c1)OC(C)(CCCCCCc1cc(O)c3c(c1)OC(C)(C)[C@@H]1CC=C(C)CC31)c1ccc(C)cc1-2. The molecule has 0 amide bonds. The number of allylic oxidation sites excluding steroid dienone is 2. The van der Waals surface area contributed by atoms with E-state index in [9.17, 15) is 10.2 Å². The van der Waals surface area contributed by atoms with Gasteiger partial charge in [0.15, 0.2) is 0 Å². The van der Waals surface area contributed by atoms with Gasteiger partial charge >= 0.3 is 0 Å². The summed E-state index contributed by atoms with van der Waals surface area (Å²) in [4.78, 5) is 0. The van der Waals surface area contributed by atoms with Crippen molar-refractivity contribution >= 4 is 0 Å². The Labute approximate surface area is 276 Å². The van der Waals surface area contributed by atoms with Gasteiger partial charge < -0.3 is 19.7 Å². The molecule has 0 saturated carbocycles. The lowest BCUT2D eigenvalue weighted by atomic mass is 9.67. The summed E-state index contributed by atoms with van der Waals surface area (Å²) < 4.78 is 13.4. The Balaban J connectivity index is 1.09. The van der Waals surface area contributed by atoms with E-state index in [1.165, 1.54) is 24.0 Å².